The number of hydrogen-bond acceptors (Lipinski definition) is 6. The highest BCUT2D eigenvalue weighted by atomic mass is 16.7. The van der Waals surface area contributed by atoms with Crippen LogP contribution in [0, 0.1) is 0 Å². The maximum atomic E-state index is 10.2. The SMILES string of the molecule is CCOC1O[C@H]([C@](C)(O)C(C)O)[C@](C)(O)[C@H]1O. The van der Waals surface area contributed by atoms with Crippen LogP contribution in [0.3, 0.4) is 0 Å². The molecule has 0 amide bonds. The lowest BCUT2D eigenvalue weighted by Crippen LogP contribution is -2.59. The highest BCUT2D eigenvalue weighted by molar-refractivity contribution is 5.07. The fourth-order valence-corrected chi connectivity index (χ4v) is 2.02. The van der Waals surface area contributed by atoms with E-state index in [0.29, 0.717) is 6.61 Å². The quantitative estimate of drug-likeness (QED) is 0.510. The Hall–Kier alpha value is -0.240. The molecule has 1 aliphatic heterocycles. The molecular weight excluding hydrogens is 228 g/mol. The molecule has 0 radical (unpaired) electrons. The summed E-state index contributed by atoms with van der Waals surface area (Å²) in [5, 5.41) is 39.7. The zero-order valence-corrected chi connectivity index (χ0v) is 10.6. The van der Waals surface area contributed by atoms with Gasteiger partial charge in [-0.15, -0.1) is 0 Å². The number of aliphatic hydroxyl groups excluding tert-OH is 2. The standard InChI is InChI=1S/C11H22O6/c1-5-16-8-7(13)11(4,15)9(17-8)10(3,14)6(2)12/h6-9,12-15H,5H2,1-4H3/t6?,7-,8?,9+,10+,11+/m0/s1. The zero-order valence-electron chi connectivity index (χ0n) is 10.6. The minimum absolute atomic E-state index is 0.307. The highest BCUT2D eigenvalue weighted by Crippen LogP contribution is 2.38. The van der Waals surface area contributed by atoms with Gasteiger partial charge in [0.1, 0.15) is 23.4 Å². The minimum Gasteiger partial charge on any atom is -0.390 e. The van der Waals surface area contributed by atoms with Gasteiger partial charge in [-0.25, -0.2) is 0 Å². The fourth-order valence-electron chi connectivity index (χ4n) is 2.02. The van der Waals surface area contributed by atoms with E-state index in [2.05, 4.69) is 0 Å². The van der Waals surface area contributed by atoms with E-state index in [1.165, 1.54) is 20.8 Å². The second-order valence-corrected chi connectivity index (χ2v) is 4.91. The van der Waals surface area contributed by atoms with Gasteiger partial charge in [0, 0.05) is 6.61 Å². The fraction of sp³-hybridized carbons (Fsp3) is 1.00. The first-order valence-corrected chi connectivity index (χ1v) is 5.73. The minimum atomic E-state index is -1.69. The third kappa shape index (κ3) is 2.47. The van der Waals surface area contributed by atoms with E-state index in [1.807, 2.05) is 0 Å². The van der Waals surface area contributed by atoms with Crippen molar-refractivity contribution in [1.82, 2.24) is 0 Å². The third-order valence-electron chi connectivity index (χ3n) is 3.37. The molecule has 1 heterocycles. The summed E-state index contributed by atoms with van der Waals surface area (Å²) in [6, 6.07) is 0. The van der Waals surface area contributed by atoms with E-state index in [4.69, 9.17) is 9.47 Å². The largest absolute Gasteiger partial charge is 0.390 e. The molecule has 2 unspecified atom stereocenters. The molecule has 0 aromatic heterocycles. The summed E-state index contributed by atoms with van der Waals surface area (Å²) < 4.78 is 10.5. The second kappa shape index (κ2) is 4.79. The summed E-state index contributed by atoms with van der Waals surface area (Å²) in [5.74, 6) is 0. The van der Waals surface area contributed by atoms with Gasteiger partial charge in [0.25, 0.3) is 0 Å². The Kier molecular flexibility index (Phi) is 4.18. The molecule has 1 rings (SSSR count). The van der Waals surface area contributed by atoms with Crippen molar-refractivity contribution in [3.8, 4) is 0 Å². The van der Waals surface area contributed by atoms with Gasteiger partial charge in [0.05, 0.1) is 6.10 Å². The van der Waals surface area contributed by atoms with Gasteiger partial charge in [0.15, 0.2) is 6.29 Å². The van der Waals surface area contributed by atoms with Crippen LogP contribution in [0.4, 0.5) is 0 Å². The number of aliphatic hydroxyl groups is 4. The maximum absolute atomic E-state index is 10.2. The molecule has 0 spiro atoms. The van der Waals surface area contributed by atoms with Crippen molar-refractivity contribution in [3.05, 3.63) is 0 Å². The Morgan fingerprint density at radius 1 is 1.53 bits per heavy atom. The van der Waals surface area contributed by atoms with Crippen molar-refractivity contribution in [2.75, 3.05) is 6.61 Å². The van der Waals surface area contributed by atoms with E-state index < -0.39 is 35.8 Å². The van der Waals surface area contributed by atoms with Crippen molar-refractivity contribution in [2.45, 2.75) is 63.5 Å². The summed E-state index contributed by atoms with van der Waals surface area (Å²) in [6.45, 7) is 6.11. The molecular formula is C11H22O6. The van der Waals surface area contributed by atoms with Gasteiger partial charge in [-0.2, -0.15) is 0 Å². The average molecular weight is 250 g/mol. The summed E-state index contributed by atoms with van der Waals surface area (Å²) in [7, 11) is 0. The molecule has 102 valence electrons. The van der Waals surface area contributed by atoms with Crippen LogP contribution < -0.4 is 0 Å². The van der Waals surface area contributed by atoms with Crippen molar-refractivity contribution in [2.24, 2.45) is 0 Å². The first-order chi connectivity index (χ1) is 7.65. The molecule has 17 heavy (non-hydrogen) atoms. The summed E-state index contributed by atoms with van der Waals surface area (Å²) in [5.41, 5.74) is -3.38. The third-order valence-corrected chi connectivity index (χ3v) is 3.37. The van der Waals surface area contributed by atoms with Crippen molar-refractivity contribution < 1.29 is 29.9 Å². The lowest BCUT2D eigenvalue weighted by molar-refractivity contribution is -0.215. The molecule has 0 aliphatic carbocycles. The van der Waals surface area contributed by atoms with Crippen LogP contribution in [0.15, 0.2) is 0 Å². The summed E-state index contributed by atoms with van der Waals surface area (Å²) in [6.07, 6.45) is -4.55. The van der Waals surface area contributed by atoms with Crippen LogP contribution in [0.1, 0.15) is 27.7 Å². The molecule has 1 aliphatic rings. The predicted octanol–water partition coefficient (Wildman–Crippen LogP) is -1.01. The Morgan fingerprint density at radius 3 is 2.47 bits per heavy atom. The van der Waals surface area contributed by atoms with Crippen LogP contribution in [0.2, 0.25) is 0 Å². The summed E-state index contributed by atoms with van der Waals surface area (Å²) >= 11 is 0. The normalized spacial score (nSPS) is 43.4. The number of rotatable bonds is 4. The molecule has 0 saturated carbocycles. The molecule has 0 aromatic carbocycles. The van der Waals surface area contributed by atoms with Gasteiger partial charge in [-0.05, 0) is 27.7 Å². The molecule has 1 fully saturated rings. The van der Waals surface area contributed by atoms with Gasteiger partial charge in [-0.3, -0.25) is 0 Å². The predicted molar refractivity (Wildman–Crippen MR) is 59.2 cm³/mol. The molecule has 6 atom stereocenters. The van der Waals surface area contributed by atoms with Crippen molar-refractivity contribution >= 4 is 0 Å². The van der Waals surface area contributed by atoms with E-state index in [9.17, 15) is 20.4 Å². The smallest absolute Gasteiger partial charge is 0.186 e. The molecule has 6 nitrogen and oxygen atoms in total. The van der Waals surface area contributed by atoms with E-state index in [1.54, 1.807) is 6.92 Å². The molecule has 6 heteroatoms. The van der Waals surface area contributed by atoms with Crippen LogP contribution in [0.25, 0.3) is 0 Å². The van der Waals surface area contributed by atoms with Crippen LogP contribution in [-0.2, 0) is 9.47 Å². The molecule has 4 N–H and O–H groups in total. The first-order valence-electron chi connectivity index (χ1n) is 5.73. The van der Waals surface area contributed by atoms with Crippen LogP contribution in [0.5, 0.6) is 0 Å². The maximum Gasteiger partial charge on any atom is 0.186 e. The van der Waals surface area contributed by atoms with Gasteiger partial charge in [-0.1, -0.05) is 0 Å². The van der Waals surface area contributed by atoms with Crippen molar-refractivity contribution in [1.29, 1.82) is 0 Å². The Balaban J connectivity index is 2.95. The lowest BCUT2D eigenvalue weighted by atomic mass is 9.81. The monoisotopic (exact) mass is 250 g/mol. The van der Waals surface area contributed by atoms with E-state index in [0.717, 1.165) is 0 Å². The topological polar surface area (TPSA) is 99.4 Å². The average Bonchev–Trinajstić information content (AvgIpc) is 2.42. The zero-order chi connectivity index (χ0) is 13.4. The Labute approximate surface area is 101 Å². The second-order valence-electron chi connectivity index (χ2n) is 4.91. The first kappa shape index (κ1) is 14.8. The molecule has 0 bridgehead atoms. The Bertz CT molecular complexity index is 263. The van der Waals surface area contributed by atoms with Crippen LogP contribution >= 0.6 is 0 Å². The summed E-state index contributed by atoms with van der Waals surface area (Å²) in [4.78, 5) is 0. The van der Waals surface area contributed by atoms with E-state index >= 15 is 0 Å². The van der Waals surface area contributed by atoms with Crippen molar-refractivity contribution in [3.63, 3.8) is 0 Å². The number of hydrogen-bond donors (Lipinski definition) is 4. The highest BCUT2D eigenvalue weighted by Gasteiger charge is 2.60. The van der Waals surface area contributed by atoms with Crippen LogP contribution in [-0.4, -0.2) is 62.8 Å². The molecule has 1 saturated heterocycles. The van der Waals surface area contributed by atoms with Gasteiger partial charge in [0.2, 0.25) is 0 Å². The molecule has 0 aromatic rings. The van der Waals surface area contributed by atoms with E-state index in [-0.39, 0.29) is 0 Å². The van der Waals surface area contributed by atoms with Gasteiger partial charge < -0.3 is 29.9 Å². The number of ether oxygens (including phenoxy) is 2. The van der Waals surface area contributed by atoms with Gasteiger partial charge >= 0.3 is 0 Å². The lowest BCUT2D eigenvalue weighted by Gasteiger charge is -2.38. The Morgan fingerprint density at radius 2 is 2.06 bits per heavy atom.